The topological polar surface area (TPSA) is 12.0 Å². The molecule has 0 heterocycles. The Kier molecular flexibility index (Phi) is 4.15. The second-order valence-electron chi connectivity index (χ2n) is 3.18. The van der Waals surface area contributed by atoms with Crippen molar-refractivity contribution in [1.82, 2.24) is 5.32 Å². The third-order valence-electron chi connectivity index (χ3n) is 2.09. The van der Waals surface area contributed by atoms with Gasteiger partial charge in [0.25, 0.3) is 0 Å². The summed E-state index contributed by atoms with van der Waals surface area (Å²) in [6.45, 7) is 2.82. The van der Waals surface area contributed by atoms with E-state index in [0.717, 1.165) is 12.1 Å². The van der Waals surface area contributed by atoms with Crippen molar-refractivity contribution < 1.29 is 4.39 Å². The fourth-order valence-corrected chi connectivity index (χ4v) is 1.23. The first-order valence-electron chi connectivity index (χ1n) is 4.66. The van der Waals surface area contributed by atoms with E-state index < -0.39 is 0 Å². The number of nitrogens with one attached hydrogen (secondary N) is 1. The molecular formula is C12H14FN. The Hall–Kier alpha value is -1.33. The second kappa shape index (κ2) is 5.41. The molecule has 1 aromatic carbocycles. The fourth-order valence-electron chi connectivity index (χ4n) is 1.23. The van der Waals surface area contributed by atoms with Gasteiger partial charge in [-0.1, -0.05) is 12.1 Å². The molecule has 74 valence electrons. The second-order valence-corrected chi connectivity index (χ2v) is 3.18. The van der Waals surface area contributed by atoms with Gasteiger partial charge in [-0.25, -0.2) is 4.39 Å². The lowest BCUT2D eigenvalue weighted by molar-refractivity contribution is 0.580. The molecular weight excluding hydrogens is 177 g/mol. The van der Waals surface area contributed by atoms with Crippen molar-refractivity contribution in [1.29, 1.82) is 0 Å². The number of hydrogen-bond donors (Lipinski definition) is 1. The lowest BCUT2D eigenvalue weighted by atomic mass is 10.1. The van der Waals surface area contributed by atoms with Gasteiger partial charge in [-0.15, -0.1) is 12.3 Å². The van der Waals surface area contributed by atoms with E-state index in [1.807, 2.05) is 6.92 Å². The van der Waals surface area contributed by atoms with Gasteiger partial charge in [0, 0.05) is 19.0 Å². The van der Waals surface area contributed by atoms with Gasteiger partial charge in [0.1, 0.15) is 5.82 Å². The van der Waals surface area contributed by atoms with Crippen LogP contribution in [0.3, 0.4) is 0 Å². The van der Waals surface area contributed by atoms with Crippen LogP contribution in [0.25, 0.3) is 0 Å². The van der Waals surface area contributed by atoms with Crippen molar-refractivity contribution in [2.45, 2.75) is 19.4 Å². The van der Waals surface area contributed by atoms with Crippen LogP contribution in [0.5, 0.6) is 0 Å². The van der Waals surface area contributed by atoms with Crippen molar-refractivity contribution in [2.24, 2.45) is 0 Å². The molecule has 0 aliphatic heterocycles. The highest BCUT2D eigenvalue weighted by molar-refractivity contribution is 5.19. The first-order chi connectivity index (χ1) is 6.74. The molecule has 2 heteroatoms. The summed E-state index contributed by atoms with van der Waals surface area (Å²) in [6, 6.07) is 6.71. The quantitative estimate of drug-likeness (QED) is 0.569. The summed E-state index contributed by atoms with van der Waals surface area (Å²) in [5.41, 5.74) is 1.07. The predicted octanol–water partition coefficient (Wildman–Crippen LogP) is 2.50. The zero-order valence-electron chi connectivity index (χ0n) is 8.26. The zero-order chi connectivity index (χ0) is 10.4. The lowest BCUT2D eigenvalue weighted by Crippen LogP contribution is -2.19. The molecule has 0 saturated carbocycles. The molecule has 1 aromatic rings. The van der Waals surface area contributed by atoms with Gasteiger partial charge in [-0.05, 0) is 24.6 Å². The predicted molar refractivity (Wildman–Crippen MR) is 56.3 cm³/mol. The molecule has 0 aliphatic carbocycles. The fraction of sp³-hybridized carbons (Fsp3) is 0.333. The summed E-state index contributed by atoms with van der Waals surface area (Å²) >= 11 is 0. The largest absolute Gasteiger partial charge is 0.309 e. The first kappa shape index (κ1) is 10.7. The molecule has 0 saturated heterocycles. The average molecular weight is 191 g/mol. The van der Waals surface area contributed by atoms with E-state index in [2.05, 4.69) is 11.2 Å². The Bertz CT molecular complexity index is 310. The van der Waals surface area contributed by atoms with Crippen LogP contribution in [0.2, 0.25) is 0 Å². The van der Waals surface area contributed by atoms with Gasteiger partial charge < -0.3 is 5.32 Å². The molecule has 0 aliphatic rings. The van der Waals surface area contributed by atoms with Crippen molar-refractivity contribution >= 4 is 0 Å². The molecule has 14 heavy (non-hydrogen) atoms. The molecule has 0 spiro atoms. The molecule has 0 fully saturated rings. The Labute approximate surface area is 84.3 Å². The van der Waals surface area contributed by atoms with Crippen molar-refractivity contribution in [3.05, 3.63) is 35.6 Å². The van der Waals surface area contributed by atoms with E-state index in [-0.39, 0.29) is 11.9 Å². The molecule has 1 N–H and O–H groups in total. The smallest absolute Gasteiger partial charge is 0.123 e. The average Bonchev–Trinajstić information content (AvgIpc) is 2.19. The number of benzene rings is 1. The Balaban J connectivity index is 2.48. The zero-order valence-corrected chi connectivity index (χ0v) is 8.26. The third-order valence-corrected chi connectivity index (χ3v) is 2.09. The van der Waals surface area contributed by atoms with Crippen LogP contribution < -0.4 is 5.32 Å². The first-order valence-corrected chi connectivity index (χ1v) is 4.66. The highest BCUT2D eigenvalue weighted by Gasteiger charge is 2.03. The van der Waals surface area contributed by atoms with E-state index in [4.69, 9.17) is 6.42 Å². The van der Waals surface area contributed by atoms with Crippen molar-refractivity contribution in [2.75, 3.05) is 6.54 Å². The molecule has 0 unspecified atom stereocenters. The summed E-state index contributed by atoms with van der Waals surface area (Å²) < 4.78 is 12.6. The van der Waals surface area contributed by atoms with Gasteiger partial charge in [0.05, 0.1) is 0 Å². The van der Waals surface area contributed by atoms with Crippen LogP contribution in [-0.2, 0) is 0 Å². The standard InChI is InChI=1S/C12H14FN/c1-3-4-9-14-10(2)11-5-7-12(13)8-6-11/h1,5-8,10,14H,4,9H2,2H3/t10-/m1/s1. The van der Waals surface area contributed by atoms with Gasteiger partial charge in [-0.2, -0.15) is 0 Å². The van der Waals surface area contributed by atoms with Gasteiger partial charge in [0.15, 0.2) is 0 Å². The number of hydrogen-bond acceptors (Lipinski definition) is 1. The summed E-state index contributed by atoms with van der Waals surface area (Å²) in [7, 11) is 0. The van der Waals surface area contributed by atoms with E-state index in [9.17, 15) is 4.39 Å². The minimum Gasteiger partial charge on any atom is -0.309 e. The minimum absolute atomic E-state index is 0.204. The molecule has 1 atom stereocenters. The monoisotopic (exact) mass is 191 g/mol. The maximum atomic E-state index is 12.6. The van der Waals surface area contributed by atoms with Crippen LogP contribution in [0, 0.1) is 18.2 Å². The Morgan fingerprint density at radius 1 is 1.43 bits per heavy atom. The van der Waals surface area contributed by atoms with Crippen LogP contribution in [0.4, 0.5) is 4.39 Å². The summed E-state index contributed by atoms with van der Waals surface area (Å²) in [5.74, 6) is 2.36. The summed E-state index contributed by atoms with van der Waals surface area (Å²) in [4.78, 5) is 0. The maximum Gasteiger partial charge on any atom is 0.123 e. The minimum atomic E-state index is -0.204. The third kappa shape index (κ3) is 3.20. The molecule has 0 radical (unpaired) electrons. The van der Waals surface area contributed by atoms with Crippen LogP contribution >= 0.6 is 0 Å². The summed E-state index contributed by atoms with van der Waals surface area (Å²) in [5, 5.41) is 3.25. The van der Waals surface area contributed by atoms with Crippen molar-refractivity contribution in [3.63, 3.8) is 0 Å². The maximum absolute atomic E-state index is 12.6. The highest BCUT2D eigenvalue weighted by atomic mass is 19.1. The SMILES string of the molecule is C#CCCN[C@H](C)c1ccc(F)cc1. The van der Waals surface area contributed by atoms with Crippen LogP contribution in [-0.4, -0.2) is 6.54 Å². The number of halogens is 1. The molecule has 1 nitrogen and oxygen atoms in total. The Morgan fingerprint density at radius 3 is 2.64 bits per heavy atom. The van der Waals surface area contributed by atoms with Crippen LogP contribution in [0.15, 0.2) is 24.3 Å². The number of rotatable bonds is 4. The van der Waals surface area contributed by atoms with Gasteiger partial charge in [0.2, 0.25) is 0 Å². The van der Waals surface area contributed by atoms with Crippen molar-refractivity contribution in [3.8, 4) is 12.3 Å². The van der Waals surface area contributed by atoms with E-state index in [0.29, 0.717) is 6.42 Å². The number of terminal acetylenes is 1. The van der Waals surface area contributed by atoms with Gasteiger partial charge in [-0.3, -0.25) is 0 Å². The van der Waals surface area contributed by atoms with E-state index in [1.54, 1.807) is 12.1 Å². The van der Waals surface area contributed by atoms with E-state index in [1.165, 1.54) is 12.1 Å². The highest BCUT2D eigenvalue weighted by Crippen LogP contribution is 2.12. The molecule has 0 aromatic heterocycles. The van der Waals surface area contributed by atoms with Crippen LogP contribution in [0.1, 0.15) is 24.9 Å². The molecule has 1 rings (SSSR count). The molecule has 0 bridgehead atoms. The normalized spacial score (nSPS) is 12.1. The van der Waals surface area contributed by atoms with E-state index >= 15 is 0 Å². The Morgan fingerprint density at radius 2 is 2.07 bits per heavy atom. The molecule has 0 amide bonds. The lowest BCUT2D eigenvalue weighted by Gasteiger charge is -2.12. The summed E-state index contributed by atoms with van der Waals surface area (Å²) in [6.07, 6.45) is 5.85. The van der Waals surface area contributed by atoms with Gasteiger partial charge >= 0.3 is 0 Å².